The molecule has 2 heterocycles. The third-order valence-corrected chi connectivity index (χ3v) is 8.48. The number of anilines is 2. The topological polar surface area (TPSA) is 114 Å². The van der Waals surface area contributed by atoms with Crippen LogP contribution in [-0.2, 0) is 40.6 Å². The summed E-state index contributed by atoms with van der Waals surface area (Å²) in [5.74, 6) is 0.558. The van der Waals surface area contributed by atoms with E-state index in [4.69, 9.17) is 4.74 Å². The molecule has 0 bridgehead atoms. The zero-order chi connectivity index (χ0) is 23.9. The van der Waals surface area contributed by atoms with E-state index in [1.807, 2.05) is 0 Å². The van der Waals surface area contributed by atoms with Crippen LogP contribution >= 0.6 is 0 Å². The van der Waals surface area contributed by atoms with Gasteiger partial charge in [-0.2, -0.15) is 8.42 Å². The number of hydrogen-bond acceptors (Lipinski definition) is 6. The summed E-state index contributed by atoms with van der Waals surface area (Å²) in [6.07, 6.45) is 8.47. The number of carbonyl (C=O) groups is 1. The van der Waals surface area contributed by atoms with Crippen LogP contribution in [0.3, 0.4) is 0 Å². The van der Waals surface area contributed by atoms with Crippen LogP contribution < -0.4 is 14.3 Å². The van der Waals surface area contributed by atoms with Crippen LogP contribution in [0.15, 0.2) is 12.3 Å². The Morgan fingerprint density at radius 2 is 1.69 bits per heavy atom. The number of benzene rings is 1. The van der Waals surface area contributed by atoms with Gasteiger partial charge in [0.05, 0.1) is 23.6 Å². The first-order valence-electron chi connectivity index (χ1n) is 12.0. The summed E-state index contributed by atoms with van der Waals surface area (Å²) in [5, 5.41) is 2.92. The normalized spacial score (nSPS) is 17.3. The number of fused-ring (bicyclic) bond motifs is 2. The van der Waals surface area contributed by atoms with Gasteiger partial charge in [0, 0.05) is 18.9 Å². The molecule has 0 saturated carbocycles. The average molecular weight is 510 g/mol. The van der Waals surface area contributed by atoms with Crippen molar-refractivity contribution in [1.82, 2.24) is 14.7 Å². The van der Waals surface area contributed by atoms with E-state index in [0.29, 0.717) is 43.3 Å². The summed E-state index contributed by atoms with van der Waals surface area (Å²) in [6, 6.07) is 1.18. The first-order chi connectivity index (χ1) is 16.3. The third kappa shape index (κ3) is 5.36. The molecular formula is C24H32N5NaO4S. The van der Waals surface area contributed by atoms with Crippen molar-refractivity contribution in [2.45, 2.75) is 71.3 Å². The number of ether oxygens (including phenoxy) is 1. The number of rotatable bonds is 5. The minimum absolute atomic E-state index is 0. The molecule has 2 aliphatic carbocycles. The molecular weight excluding hydrogens is 477 g/mol. The predicted molar refractivity (Wildman–Crippen MR) is 137 cm³/mol. The van der Waals surface area contributed by atoms with Crippen molar-refractivity contribution in [3.63, 3.8) is 0 Å². The Morgan fingerprint density at radius 1 is 1.06 bits per heavy atom. The predicted octanol–water partition coefficient (Wildman–Crippen LogP) is 2.47. The molecule has 1 fully saturated rings. The summed E-state index contributed by atoms with van der Waals surface area (Å²) in [4.78, 5) is 21.7. The molecule has 2 amide bonds. The molecule has 3 aliphatic rings. The maximum atomic E-state index is 13.6. The minimum atomic E-state index is -4.22. The van der Waals surface area contributed by atoms with E-state index in [1.54, 1.807) is 13.8 Å². The van der Waals surface area contributed by atoms with Crippen LogP contribution in [0.4, 0.5) is 16.2 Å². The molecule has 35 heavy (non-hydrogen) atoms. The Hall–Kier alpha value is -1.72. The second-order valence-electron chi connectivity index (χ2n) is 9.32. The van der Waals surface area contributed by atoms with Gasteiger partial charge < -0.3 is 10.1 Å². The van der Waals surface area contributed by atoms with Gasteiger partial charge in [-0.15, -0.1) is 0 Å². The van der Waals surface area contributed by atoms with Gasteiger partial charge in [0.2, 0.25) is 0 Å². The van der Waals surface area contributed by atoms with Crippen LogP contribution in [0.25, 0.3) is 0 Å². The van der Waals surface area contributed by atoms with E-state index < -0.39 is 16.2 Å². The fourth-order valence-corrected chi connectivity index (χ4v) is 6.93. The number of nitrogens with zero attached hydrogens (tertiary/aromatic N) is 3. The summed E-state index contributed by atoms with van der Waals surface area (Å²) < 4.78 is 36.2. The van der Waals surface area contributed by atoms with Crippen molar-refractivity contribution in [2.75, 3.05) is 22.8 Å². The molecule has 0 spiro atoms. The fourth-order valence-electron chi connectivity index (χ4n) is 5.51. The molecule has 0 unspecified atom stereocenters. The number of aromatic nitrogens is 2. The van der Waals surface area contributed by atoms with E-state index in [9.17, 15) is 13.2 Å². The summed E-state index contributed by atoms with van der Waals surface area (Å²) in [6.45, 7) is 4.42. The second-order valence-corrected chi connectivity index (χ2v) is 10.9. The Labute approximate surface area is 228 Å². The quantitative estimate of drug-likeness (QED) is 0.599. The number of nitrogens with one attached hydrogen (secondary N) is 2. The maximum absolute atomic E-state index is 13.6. The van der Waals surface area contributed by atoms with Gasteiger partial charge >= 0.3 is 45.8 Å². The van der Waals surface area contributed by atoms with Gasteiger partial charge in [-0.1, -0.05) is 6.07 Å². The standard InChI is InChI=1S/C24H31N5O4S.Na.H/c1-15-22(14-25-16(2)26-15)29(19-9-11-33-12-10-19)34(31,32)28-24(30)27-23-20-7-3-5-17(20)13-18-6-4-8-21(18)23;;/h13-14,19H,3-12H2,1-2H3,(H2,27,28,30);;. The molecule has 2 aromatic rings. The number of amides is 2. The number of aryl methyl sites for hydroxylation is 4. The first-order valence-corrected chi connectivity index (χ1v) is 13.4. The average Bonchev–Trinajstić information content (AvgIpc) is 3.45. The molecule has 0 atom stereocenters. The Bertz CT molecular complexity index is 1200. The molecule has 0 radical (unpaired) electrons. The van der Waals surface area contributed by atoms with E-state index >= 15 is 0 Å². The van der Waals surface area contributed by atoms with Crippen LogP contribution in [-0.4, -0.2) is 73.2 Å². The number of hydrogen-bond donors (Lipinski definition) is 2. The van der Waals surface area contributed by atoms with E-state index in [0.717, 1.165) is 55.3 Å². The van der Waals surface area contributed by atoms with Crippen LogP contribution in [0.1, 0.15) is 59.5 Å². The van der Waals surface area contributed by atoms with Crippen molar-refractivity contribution >= 4 is 57.2 Å². The van der Waals surface area contributed by atoms with Crippen molar-refractivity contribution < 1.29 is 17.9 Å². The molecule has 2 N–H and O–H groups in total. The van der Waals surface area contributed by atoms with Gasteiger partial charge in [-0.05, 0) is 87.5 Å². The Kier molecular flexibility index (Phi) is 8.07. The van der Waals surface area contributed by atoms with Crippen molar-refractivity contribution in [1.29, 1.82) is 0 Å². The molecule has 184 valence electrons. The monoisotopic (exact) mass is 509 g/mol. The zero-order valence-corrected chi connectivity index (χ0v) is 20.5. The third-order valence-electron chi connectivity index (χ3n) is 7.03. The van der Waals surface area contributed by atoms with Gasteiger partial charge in [-0.25, -0.2) is 23.8 Å². The Morgan fingerprint density at radius 3 is 2.29 bits per heavy atom. The zero-order valence-electron chi connectivity index (χ0n) is 19.7. The molecule has 1 aromatic carbocycles. The van der Waals surface area contributed by atoms with Crippen LogP contribution in [0, 0.1) is 13.8 Å². The van der Waals surface area contributed by atoms with Crippen molar-refractivity contribution in [3.05, 3.63) is 46.0 Å². The van der Waals surface area contributed by atoms with Crippen molar-refractivity contribution in [3.8, 4) is 0 Å². The SMILES string of the molecule is Cc1ncc(N(C2CCOCC2)S(=O)(=O)NC(=O)Nc2c3c(cc4c2CCC4)CCC3)c(C)n1.[NaH]. The molecule has 1 saturated heterocycles. The van der Waals surface area contributed by atoms with Gasteiger partial charge in [0.1, 0.15) is 5.82 Å². The van der Waals surface area contributed by atoms with E-state index in [1.165, 1.54) is 21.6 Å². The molecule has 5 rings (SSSR count). The van der Waals surface area contributed by atoms with E-state index in [2.05, 4.69) is 26.1 Å². The summed E-state index contributed by atoms with van der Waals surface area (Å²) in [7, 11) is -4.22. The summed E-state index contributed by atoms with van der Waals surface area (Å²) >= 11 is 0. The van der Waals surface area contributed by atoms with Gasteiger partial charge in [-0.3, -0.25) is 0 Å². The van der Waals surface area contributed by atoms with E-state index in [-0.39, 0.29) is 35.6 Å². The number of carbonyl (C=O) groups excluding carboxylic acids is 1. The van der Waals surface area contributed by atoms with Crippen LogP contribution in [0.5, 0.6) is 0 Å². The summed E-state index contributed by atoms with van der Waals surface area (Å²) in [5.41, 5.74) is 6.57. The first kappa shape index (κ1) is 26.3. The molecule has 11 heteroatoms. The van der Waals surface area contributed by atoms with Crippen molar-refractivity contribution in [2.24, 2.45) is 0 Å². The van der Waals surface area contributed by atoms with Gasteiger partial charge in [0.15, 0.2) is 0 Å². The number of urea groups is 1. The van der Waals surface area contributed by atoms with Gasteiger partial charge in [0.25, 0.3) is 0 Å². The molecule has 1 aromatic heterocycles. The second kappa shape index (κ2) is 10.7. The van der Waals surface area contributed by atoms with Crippen LogP contribution in [0.2, 0.25) is 0 Å². The molecule has 9 nitrogen and oxygen atoms in total. The fraction of sp³-hybridized carbons (Fsp3) is 0.542. The molecule has 1 aliphatic heterocycles. The Balaban J connectivity index is 0.00000289.